The summed E-state index contributed by atoms with van der Waals surface area (Å²) in [6, 6.07) is 0. The highest BCUT2D eigenvalue weighted by atomic mass is 31.2. The number of unbranched alkanes of at least 4 members (excludes halogenated alkanes) is 63. The maximum atomic E-state index is 12.9. The first-order chi connectivity index (χ1) is 45.0. The Morgan fingerprint density at radius 1 is 0.326 bits per heavy atom. The van der Waals surface area contributed by atoms with Gasteiger partial charge in [-0.2, -0.15) is 0 Å². The van der Waals surface area contributed by atoms with Crippen LogP contribution in [0.1, 0.15) is 450 Å². The molecule has 0 saturated heterocycles. The van der Waals surface area contributed by atoms with Gasteiger partial charge in [0.1, 0.15) is 19.8 Å². The number of carbonyl (C=O) groups excluding carboxylic acids is 2. The molecule has 0 bridgehead atoms. The fourth-order valence-corrected chi connectivity index (χ4v) is 13.7. The first-order valence-corrected chi connectivity index (χ1v) is 42.9. The van der Waals surface area contributed by atoms with Crippen molar-refractivity contribution < 1.29 is 42.1 Å². The quantitative estimate of drug-likeness (QED) is 0.0211. The molecule has 0 aromatic rings. The van der Waals surface area contributed by atoms with Gasteiger partial charge < -0.3 is 18.9 Å². The average Bonchev–Trinajstić information content (AvgIpc) is 2.14. The Morgan fingerprint density at radius 2 is 0.554 bits per heavy atom. The molecule has 0 amide bonds. The molecule has 2 atom stereocenters. The Labute approximate surface area is 575 Å². The van der Waals surface area contributed by atoms with Crippen LogP contribution in [0.4, 0.5) is 0 Å². The molecule has 0 radical (unpaired) electrons. The third-order valence-corrected chi connectivity index (χ3v) is 20.3. The molecule has 92 heavy (non-hydrogen) atoms. The SMILES string of the molecule is CCCCCCCCCC/C=C\CCCCCCCCCCCCCCCCCCCCCCCCCCCCCC(=O)OC(COC(=O)CCCCCCCCCCCCCCCCCCCCCCCCCCCCCCC)COP(=O)(O)OCC[N+](C)(C)C. The summed E-state index contributed by atoms with van der Waals surface area (Å²) in [6.07, 6.45) is 93.9. The second kappa shape index (κ2) is 74.0. The molecule has 0 aliphatic rings. The minimum Gasteiger partial charge on any atom is -0.462 e. The van der Waals surface area contributed by atoms with Gasteiger partial charge in [0.05, 0.1) is 27.7 Å². The molecule has 0 saturated carbocycles. The van der Waals surface area contributed by atoms with E-state index in [9.17, 15) is 19.0 Å². The molecule has 0 aliphatic carbocycles. The van der Waals surface area contributed by atoms with E-state index in [1.54, 1.807) is 0 Å². The highest BCUT2D eigenvalue weighted by molar-refractivity contribution is 7.47. The van der Waals surface area contributed by atoms with Gasteiger partial charge in [0.15, 0.2) is 6.10 Å². The number of phosphoric acid groups is 1. The molecule has 0 fully saturated rings. The molecule has 1 N–H and O–H groups in total. The number of allylic oxidation sites excluding steroid dienone is 2. The molecule has 0 rings (SSSR count). The van der Waals surface area contributed by atoms with E-state index >= 15 is 0 Å². The van der Waals surface area contributed by atoms with Gasteiger partial charge in [-0.3, -0.25) is 18.6 Å². The van der Waals surface area contributed by atoms with E-state index in [1.807, 2.05) is 21.1 Å². The number of rotatable bonds is 79. The summed E-state index contributed by atoms with van der Waals surface area (Å²) < 4.78 is 34.9. The third-order valence-electron chi connectivity index (χ3n) is 19.3. The van der Waals surface area contributed by atoms with Gasteiger partial charge in [-0.1, -0.05) is 411 Å². The summed E-state index contributed by atoms with van der Waals surface area (Å²) in [5, 5.41) is 0. The summed E-state index contributed by atoms with van der Waals surface area (Å²) in [5.74, 6) is -0.765. The van der Waals surface area contributed by atoms with Gasteiger partial charge in [-0.05, 0) is 38.5 Å². The Kier molecular flexibility index (Phi) is 73.0. The van der Waals surface area contributed by atoms with Crippen molar-refractivity contribution in [3.63, 3.8) is 0 Å². The molecule has 0 heterocycles. The minimum absolute atomic E-state index is 0.0372. The lowest BCUT2D eigenvalue weighted by atomic mass is 10.0. The van der Waals surface area contributed by atoms with E-state index in [0.717, 1.165) is 38.5 Å². The monoisotopic (exact) mass is 1320 g/mol. The zero-order valence-electron chi connectivity index (χ0n) is 62.8. The number of ether oxygens (including phenoxy) is 2. The van der Waals surface area contributed by atoms with Crippen LogP contribution in [0.15, 0.2) is 12.2 Å². The Morgan fingerprint density at radius 3 is 0.804 bits per heavy atom. The Hall–Kier alpha value is -1.25. The number of carbonyl (C=O) groups is 2. The van der Waals surface area contributed by atoms with Crippen molar-refractivity contribution in [2.45, 2.75) is 457 Å². The minimum atomic E-state index is -4.39. The van der Waals surface area contributed by atoms with Crippen LogP contribution in [0.3, 0.4) is 0 Å². The van der Waals surface area contributed by atoms with E-state index < -0.39 is 26.5 Å². The lowest BCUT2D eigenvalue weighted by molar-refractivity contribution is -0.870. The molecule has 9 nitrogen and oxygen atoms in total. The third kappa shape index (κ3) is 77.8. The second-order valence-corrected chi connectivity index (χ2v) is 31.3. The van der Waals surface area contributed by atoms with Crippen LogP contribution in [0.25, 0.3) is 0 Å². The van der Waals surface area contributed by atoms with Crippen molar-refractivity contribution >= 4 is 19.8 Å². The summed E-state index contributed by atoms with van der Waals surface area (Å²) >= 11 is 0. The standard InChI is InChI=1S/C82H162NO8P/c1-6-8-10-12-14-16-18-20-22-24-26-28-30-32-34-36-37-38-39-40-41-42-43-44-45-47-49-51-53-55-57-59-61-63-65-67-69-71-73-75-82(85)91-80(79-90-92(86,87)89-77-76-83(3,4)5)78-88-81(84)74-72-70-68-66-64-62-60-58-56-54-52-50-48-46-35-33-31-29-27-25-23-21-19-17-15-13-11-9-7-2/h24,26,80H,6-23,25,27-79H2,1-5H3/p+1/b26-24-. The summed E-state index contributed by atoms with van der Waals surface area (Å²) in [5.41, 5.74) is 0. The van der Waals surface area contributed by atoms with E-state index in [-0.39, 0.29) is 25.6 Å². The second-order valence-electron chi connectivity index (χ2n) is 29.9. The number of quaternary nitrogens is 1. The van der Waals surface area contributed by atoms with Crippen molar-refractivity contribution in [3.05, 3.63) is 12.2 Å². The number of hydrogen-bond donors (Lipinski definition) is 1. The van der Waals surface area contributed by atoms with E-state index in [4.69, 9.17) is 18.5 Å². The predicted molar refractivity (Wildman–Crippen MR) is 400 cm³/mol. The molecule has 0 aliphatic heterocycles. The average molecular weight is 1320 g/mol. The van der Waals surface area contributed by atoms with E-state index in [0.29, 0.717) is 17.4 Å². The zero-order valence-corrected chi connectivity index (χ0v) is 63.7. The molecule has 2 unspecified atom stereocenters. The number of likely N-dealkylation sites (N-methyl/N-ethyl adjacent to an activating group) is 1. The lowest BCUT2D eigenvalue weighted by Gasteiger charge is -2.24. The fourth-order valence-electron chi connectivity index (χ4n) is 13.0. The fraction of sp³-hybridized carbons (Fsp3) is 0.951. The van der Waals surface area contributed by atoms with Gasteiger partial charge in [0.2, 0.25) is 0 Å². The number of nitrogens with zero attached hydrogens (tertiary/aromatic N) is 1. The van der Waals surface area contributed by atoms with Crippen LogP contribution in [0.5, 0.6) is 0 Å². The van der Waals surface area contributed by atoms with Gasteiger partial charge in [-0.25, -0.2) is 4.57 Å². The number of esters is 2. The van der Waals surface area contributed by atoms with E-state index in [1.165, 1.54) is 385 Å². The van der Waals surface area contributed by atoms with Crippen molar-refractivity contribution in [3.8, 4) is 0 Å². The van der Waals surface area contributed by atoms with Crippen molar-refractivity contribution in [2.75, 3.05) is 47.5 Å². The van der Waals surface area contributed by atoms with Crippen molar-refractivity contribution in [1.29, 1.82) is 0 Å². The van der Waals surface area contributed by atoms with Gasteiger partial charge >= 0.3 is 19.8 Å². The molecule has 0 aromatic heterocycles. The molecular weight excluding hydrogens is 1160 g/mol. The van der Waals surface area contributed by atoms with Gasteiger partial charge in [-0.15, -0.1) is 0 Å². The maximum absolute atomic E-state index is 12.9. The smallest absolute Gasteiger partial charge is 0.462 e. The Bertz CT molecular complexity index is 1550. The van der Waals surface area contributed by atoms with Crippen LogP contribution in [0, 0.1) is 0 Å². The highest BCUT2D eigenvalue weighted by Gasteiger charge is 2.27. The summed E-state index contributed by atoms with van der Waals surface area (Å²) in [7, 11) is 1.51. The van der Waals surface area contributed by atoms with Crippen LogP contribution in [-0.4, -0.2) is 74.9 Å². The maximum Gasteiger partial charge on any atom is 0.472 e. The highest BCUT2D eigenvalue weighted by Crippen LogP contribution is 2.43. The zero-order chi connectivity index (χ0) is 66.9. The van der Waals surface area contributed by atoms with Crippen LogP contribution in [0.2, 0.25) is 0 Å². The molecule has 0 aromatic carbocycles. The normalized spacial score (nSPS) is 13.0. The first kappa shape index (κ1) is 90.8. The molecular formula is C82H163NO8P+. The van der Waals surface area contributed by atoms with Crippen LogP contribution in [-0.2, 0) is 32.7 Å². The molecule has 548 valence electrons. The van der Waals surface area contributed by atoms with Crippen molar-refractivity contribution in [2.24, 2.45) is 0 Å². The topological polar surface area (TPSA) is 108 Å². The lowest BCUT2D eigenvalue weighted by Crippen LogP contribution is -2.37. The van der Waals surface area contributed by atoms with Gasteiger partial charge in [0, 0.05) is 12.8 Å². The number of phosphoric ester groups is 1. The van der Waals surface area contributed by atoms with Crippen LogP contribution < -0.4 is 0 Å². The Balaban J connectivity index is 3.86. The van der Waals surface area contributed by atoms with E-state index in [2.05, 4.69) is 26.0 Å². The van der Waals surface area contributed by atoms with Crippen LogP contribution >= 0.6 is 7.82 Å². The molecule has 10 heteroatoms. The van der Waals surface area contributed by atoms with Gasteiger partial charge in [0.25, 0.3) is 0 Å². The summed E-state index contributed by atoms with van der Waals surface area (Å²) in [6.45, 7) is 4.54. The number of hydrogen-bond acceptors (Lipinski definition) is 7. The predicted octanol–water partition coefficient (Wildman–Crippen LogP) is 27.4. The largest absolute Gasteiger partial charge is 0.472 e. The first-order valence-electron chi connectivity index (χ1n) is 41.4. The van der Waals surface area contributed by atoms with Crippen molar-refractivity contribution in [1.82, 2.24) is 0 Å². The molecule has 0 spiro atoms. The summed E-state index contributed by atoms with van der Waals surface area (Å²) in [4.78, 5) is 36.0.